The second-order valence-corrected chi connectivity index (χ2v) is 7.47. The van der Waals surface area contributed by atoms with Gasteiger partial charge in [0.25, 0.3) is 0 Å². The summed E-state index contributed by atoms with van der Waals surface area (Å²) in [6.45, 7) is 0.503. The van der Waals surface area contributed by atoms with Crippen LogP contribution in [0.4, 0.5) is 19.0 Å². The predicted octanol–water partition coefficient (Wildman–Crippen LogP) is 4.63. The number of halogens is 3. The van der Waals surface area contributed by atoms with Gasteiger partial charge in [0.15, 0.2) is 17.1 Å². The van der Waals surface area contributed by atoms with Crippen LogP contribution in [0.25, 0.3) is 11.0 Å². The molecule has 0 bridgehead atoms. The van der Waals surface area contributed by atoms with Gasteiger partial charge in [-0.3, -0.25) is 4.68 Å². The van der Waals surface area contributed by atoms with Crippen molar-refractivity contribution in [3.05, 3.63) is 47.9 Å². The number of pyridine rings is 1. The largest absolute Gasteiger partial charge is 0.496 e. The van der Waals surface area contributed by atoms with Gasteiger partial charge in [-0.05, 0) is 35.7 Å². The Hall–Kier alpha value is -3.61. The van der Waals surface area contributed by atoms with E-state index in [1.54, 1.807) is 10.9 Å². The molecular weight excluding hydrogens is 463 g/mol. The molecule has 0 radical (unpaired) electrons. The summed E-state index contributed by atoms with van der Waals surface area (Å²) in [5, 5.41) is 8.78. The zero-order valence-electron chi connectivity index (χ0n) is 17.6. The maximum Gasteiger partial charge on any atom is 0.433 e. The van der Waals surface area contributed by atoms with Crippen molar-refractivity contribution < 1.29 is 31.9 Å². The van der Waals surface area contributed by atoms with E-state index in [1.807, 2.05) is 24.4 Å². The first-order chi connectivity index (χ1) is 15.8. The number of rotatable bonds is 8. The third kappa shape index (κ3) is 4.62. The molecule has 0 unspecified atom stereocenters. The molecule has 0 amide bonds. The lowest BCUT2D eigenvalue weighted by molar-refractivity contribution is -0.141. The summed E-state index contributed by atoms with van der Waals surface area (Å²) >= 11 is 0.920. The number of alkyl halides is 3. The van der Waals surface area contributed by atoms with E-state index >= 15 is 0 Å². The molecule has 0 fully saturated rings. The van der Waals surface area contributed by atoms with Crippen molar-refractivity contribution >= 4 is 28.7 Å². The molecule has 4 aromatic rings. The van der Waals surface area contributed by atoms with E-state index in [9.17, 15) is 13.2 Å². The zero-order valence-corrected chi connectivity index (χ0v) is 18.5. The number of nitrogens with one attached hydrogen (secondary N) is 1. The number of fused-ring (bicyclic) bond motifs is 1. The van der Waals surface area contributed by atoms with Crippen molar-refractivity contribution in [3.63, 3.8) is 0 Å². The lowest BCUT2D eigenvalue weighted by atomic mass is 10.1. The maximum atomic E-state index is 13.1. The molecule has 0 aliphatic heterocycles. The molecule has 9 nitrogen and oxygen atoms in total. The van der Waals surface area contributed by atoms with E-state index in [-0.39, 0.29) is 16.5 Å². The van der Waals surface area contributed by atoms with Crippen LogP contribution in [0.15, 0.2) is 46.1 Å². The number of ether oxygens (including phenoxy) is 3. The normalized spacial score (nSPS) is 11.6. The highest BCUT2D eigenvalue weighted by Gasteiger charge is 2.35. The van der Waals surface area contributed by atoms with Crippen LogP contribution in [0.1, 0.15) is 11.3 Å². The fourth-order valence-corrected chi connectivity index (χ4v) is 3.91. The van der Waals surface area contributed by atoms with E-state index in [0.717, 1.165) is 23.6 Å². The Bertz CT molecular complexity index is 1240. The Kier molecular flexibility index (Phi) is 6.22. The second kappa shape index (κ2) is 9.10. The third-order valence-corrected chi connectivity index (χ3v) is 5.46. The molecule has 1 aromatic carbocycles. The van der Waals surface area contributed by atoms with Crippen molar-refractivity contribution in [2.75, 3.05) is 26.1 Å². The Morgan fingerprint density at radius 2 is 1.88 bits per heavy atom. The Labute approximate surface area is 189 Å². The predicted molar refractivity (Wildman–Crippen MR) is 114 cm³/mol. The van der Waals surface area contributed by atoms with Crippen molar-refractivity contribution in [3.8, 4) is 17.4 Å². The van der Waals surface area contributed by atoms with E-state index in [2.05, 4.69) is 20.0 Å². The summed E-state index contributed by atoms with van der Waals surface area (Å²) in [5.41, 5.74) is 0.219. The molecule has 174 valence electrons. The molecule has 0 atom stereocenters. The summed E-state index contributed by atoms with van der Waals surface area (Å²) in [4.78, 5) is 3.76. The third-order valence-electron chi connectivity index (χ3n) is 4.58. The molecule has 0 spiro atoms. The van der Waals surface area contributed by atoms with Crippen molar-refractivity contribution in [1.29, 1.82) is 0 Å². The summed E-state index contributed by atoms with van der Waals surface area (Å²) in [6.07, 6.45) is -1.14. The molecule has 3 aromatic heterocycles. The van der Waals surface area contributed by atoms with Crippen LogP contribution in [0.2, 0.25) is 0 Å². The van der Waals surface area contributed by atoms with Crippen LogP contribution in [0.5, 0.6) is 17.4 Å². The highest BCUT2D eigenvalue weighted by atomic mass is 32.2. The lowest BCUT2D eigenvalue weighted by Crippen LogP contribution is -2.10. The quantitative estimate of drug-likeness (QED) is 0.361. The number of benzene rings is 1. The van der Waals surface area contributed by atoms with Gasteiger partial charge < -0.3 is 23.5 Å². The summed E-state index contributed by atoms with van der Waals surface area (Å²) in [5.74, 6) is 0.498. The summed E-state index contributed by atoms with van der Waals surface area (Å²) in [6, 6.07) is 6.26. The van der Waals surface area contributed by atoms with Crippen LogP contribution in [-0.4, -0.2) is 41.3 Å². The molecule has 0 aliphatic carbocycles. The molecular formula is C20H18F3N5O4S. The first kappa shape index (κ1) is 22.6. The van der Waals surface area contributed by atoms with Crippen LogP contribution in [0, 0.1) is 0 Å². The molecule has 0 saturated heterocycles. The standard InChI is InChI=1S/C20H18F3N5O4S/c1-29-12-7-11(10-28-6-4-5-24-28)8-13-16(12)18(26-32-13)27-33-17-14(30-2)9-15(20(21,22)23)25-19(17)31-3/h4-9H,10H2,1-3H3,(H,26,27). The van der Waals surface area contributed by atoms with Gasteiger partial charge in [0, 0.05) is 18.5 Å². The number of anilines is 1. The van der Waals surface area contributed by atoms with Gasteiger partial charge in [0.05, 0.1) is 27.9 Å². The van der Waals surface area contributed by atoms with Crippen molar-refractivity contribution in [2.24, 2.45) is 0 Å². The minimum atomic E-state index is -4.65. The number of aromatic nitrogens is 4. The van der Waals surface area contributed by atoms with Crippen LogP contribution in [0.3, 0.4) is 0 Å². The first-order valence-corrected chi connectivity index (χ1v) is 10.2. The average molecular weight is 481 g/mol. The highest BCUT2D eigenvalue weighted by molar-refractivity contribution is 8.00. The number of hydrogen-bond acceptors (Lipinski definition) is 9. The fourth-order valence-electron chi connectivity index (χ4n) is 3.11. The van der Waals surface area contributed by atoms with Crippen LogP contribution >= 0.6 is 11.9 Å². The average Bonchev–Trinajstić information content (AvgIpc) is 3.45. The lowest BCUT2D eigenvalue weighted by Gasteiger charge is -2.15. The molecule has 3 heterocycles. The van der Waals surface area contributed by atoms with Crippen molar-refractivity contribution in [1.82, 2.24) is 19.9 Å². The van der Waals surface area contributed by atoms with Crippen LogP contribution < -0.4 is 18.9 Å². The second-order valence-electron chi connectivity index (χ2n) is 6.66. The Balaban J connectivity index is 1.65. The van der Waals surface area contributed by atoms with Gasteiger partial charge in [-0.15, -0.1) is 0 Å². The SMILES string of the molecule is COc1cc(C(F)(F)F)nc(OC)c1SNc1noc2cc(Cn3cccn3)cc(OC)c12. The number of nitrogens with zero attached hydrogens (tertiary/aromatic N) is 4. The van der Waals surface area contributed by atoms with Gasteiger partial charge in [0.1, 0.15) is 21.8 Å². The fraction of sp³-hybridized carbons (Fsp3) is 0.250. The molecule has 13 heteroatoms. The van der Waals surface area contributed by atoms with Gasteiger partial charge in [-0.1, -0.05) is 5.16 Å². The molecule has 1 N–H and O–H groups in total. The van der Waals surface area contributed by atoms with Crippen molar-refractivity contribution in [2.45, 2.75) is 17.6 Å². The minimum Gasteiger partial charge on any atom is -0.496 e. The molecule has 33 heavy (non-hydrogen) atoms. The Morgan fingerprint density at radius 1 is 1.09 bits per heavy atom. The van der Waals surface area contributed by atoms with Gasteiger partial charge in [-0.2, -0.15) is 18.3 Å². The van der Waals surface area contributed by atoms with E-state index in [0.29, 0.717) is 29.1 Å². The monoisotopic (exact) mass is 481 g/mol. The van der Waals surface area contributed by atoms with E-state index < -0.39 is 11.9 Å². The van der Waals surface area contributed by atoms with Gasteiger partial charge in [0.2, 0.25) is 5.88 Å². The highest BCUT2D eigenvalue weighted by Crippen LogP contribution is 2.42. The topological polar surface area (TPSA) is 96.5 Å². The van der Waals surface area contributed by atoms with Gasteiger partial charge >= 0.3 is 6.18 Å². The minimum absolute atomic E-state index is 0.0621. The molecule has 0 aliphatic rings. The Morgan fingerprint density at radius 3 is 2.52 bits per heavy atom. The van der Waals surface area contributed by atoms with Crippen LogP contribution in [-0.2, 0) is 12.7 Å². The molecule has 4 rings (SSSR count). The summed E-state index contributed by atoms with van der Waals surface area (Å²) < 4.78 is 65.3. The number of methoxy groups -OCH3 is 3. The maximum absolute atomic E-state index is 13.1. The smallest absolute Gasteiger partial charge is 0.433 e. The van der Waals surface area contributed by atoms with E-state index in [4.69, 9.17) is 18.7 Å². The van der Waals surface area contributed by atoms with E-state index in [1.165, 1.54) is 21.3 Å². The van der Waals surface area contributed by atoms with Gasteiger partial charge in [-0.25, -0.2) is 4.98 Å². The zero-order chi connectivity index (χ0) is 23.6. The molecule has 0 saturated carbocycles. The summed E-state index contributed by atoms with van der Waals surface area (Å²) in [7, 11) is 4.00. The first-order valence-electron chi connectivity index (χ1n) is 9.40. The number of hydrogen-bond donors (Lipinski definition) is 1.